The number of carbonyl (C=O) groups excluding carboxylic acids is 1. The monoisotopic (exact) mass is 180 g/mol. The molecule has 1 unspecified atom stereocenters. The van der Waals surface area contributed by atoms with E-state index in [9.17, 15) is 4.79 Å². The van der Waals surface area contributed by atoms with Gasteiger partial charge in [-0.25, -0.2) is 0 Å². The van der Waals surface area contributed by atoms with Crippen molar-refractivity contribution < 1.29 is 9.53 Å². The van der Waals surface area contributed by atoms with Gasteiger partial charge in [0, 0.05) is 6.92 Å². The highest BCUT2D eigenvalue weighted by Gasteiger charge is 2.64. The number of hydrogen-bond donors (Lipinski definition) is 0. The number of Topliss-reactive ketones (excluding diaryl/α,β-unsaturated/α-hetero) is 1. The minimum atomic E-state index is -0.404. The summed E-state index contributed by atoms with van der Waals surface area (Å²) >= 11 is 0. The fraction of sp³-hybridized carbons (Fsp3) is 0.727. The average molecular weight is 180 g/mol. The molecule has 1 saturated heterocycles. The first kappa shape index (κ1) is 10.3. The molecule has 0 N–H and O–H groups in total. The third-order valence-corrected chi connectivity index (χ3v) is 2.51. The fourth-order valence-electron chi connectivity index (χ4n) is 1.69. The van der Waals surface area contributed by atoms with E-state index in [-0.39, 0.29) is 11.4 Å². The van der Waals surface area contributed by atoms with Crippen LogP contribution in [0.5, 0.6) is 0 Å². The lowest BCUT2D eigenvalue weighted by Crippen LogP contribution is -2.25. The Morgan fingerprint density at radius 2 is 1.85 bits per heavy atom. The third-order valence-electron chi connectivity index (χ3n) is 2.51. The molecule has 0 spiro atoms. The molecule has 1 aliphatic heterocycles. The lowest BCUT2D eigenvalue weighted by Gasteiger charge is -2.11. The molecule has 0 aromatic rings. The molecule has 1 atom stereocenters. The molecule has 0 bridgehead atoms. The van der Waals surface area contributed by atoms with E-state index in [1.807, 2.05) is 13.8 Å². The lowest BCUT2D eigenvalue weighted by atomic mass is 9.86. The molecule has 72 valence electrons. The Balaban J connectivity index is 2.88. The largest absolute Gasteiger partial charge is 0.349 e. The third kappa shape index (κ3) is 1.62. The molecule has 0 amide bonds. The average Bonchev–Trinajstić information content (AvgIpc) is 2.51. The van der Waals surface area contributed by atoms with Crippen molar-refractivity contribution in [2.24, 2.45) is 5.92 Å². The Bertz CT molecular complexity index is 291. The molecule has 1 heterocycles. The fourth-order valence-corrected chi connectivity index (χ4v) is 1.69. The summed E-state index contributed by atoms with van der Waals surface area (Å²) in [7, 11) is 0. The van der Waals surface area contributed by atoms with Gasteiger partial charge in [0.2, 0.25) is 5.78 Å². The summed E-state index contributed by atoms with van der Waals surface area (Å²) in [6, 6.07) is 0. The zero-order chi connectivity index (χ0) is 10.3. The van der Waals surface area contributed by atoms with E-state index in [0.717, 1.165) is 0 Å². The molecule has 1 rings (SSSR count). The van der Waals surface area contributed by atoms with Gasteiger partial charge in [0.25, 0.3) is 0 Å². The number of rotatable bonds is 1. The van der Waals surface area contributed by atoms with Crippen molar-refractivity contribution >= 4 is 5.78 Å². The van der Waals surface area contributed by atoms with Crippen molar-refractivity contribution in [3.63, 3.8) is 0 Å². The number of epoxide rings is 1. The minimum Gasteiger partial charge on any atom is -0.349 e. The molecule has 0 radical (unpaired) electrons. The Kier molecular flexibility index (Phi) is 2.25. The Morgan fingerprint density at radius 3 is 2.08 bits per heavy atom. The molecular formula is C11H16O2. The maximum Gasteiger partial charge on any atom is 0.202 e. The van der Waals surface area contributed by atoms with Crippen LogP contribution >= 0.6 is 0 Å². The van der Waals surface area contributed by atoms with Crippen molar-refractivity contribution in [2.75, 3.05) is 0 Å². The van der Waals surface area contributed by atoms with Gasteiger partial charge in [-0.2, -0.15) is 0 Å². The second-order valence-electron chi connectivity index (χ2n) is 4.31. The summed E-state index contributed by atoms with van der Waals surface area (Å²) in [4.78, 5) is 10.7. The van der Waals surface area contributed by atoms with Crippen molar-refractivity contribution in [1.29, 1.82) is 0 Å². The van der Waals surface area contributed by atoms with Crippen LogP contribution in [0.25, 0.3) is 0 Å². The standard InChI is InChI=1S/C11H16O2/c1-8(2)11(7-6-9(3)12)10(4,5)13-11/h8H,1-5H3. The summed E-state index contributed by atoms with van der Waals surface area (Å²) in [5, 5.41) is 0. The van der Waals surface area contributed by atoms with Crippen LogP contribution in [0.4, 0.5) is 0 Å². The van der Waals surface area contributed by atoms with Crippen LogP contribution in [-0.4, -0.2) is 17.0 Å². The molecule has 2 nitrogen and oxygen atoms in total. The first-order valence-electron chi connectivity index (χ1n) is 4.56. The van der Waals surface area contributed by atoms with Crippen LogP contribution in [0.3, 0.4) is 0 Å². The second kappa shape index (κ2) is 2.85. The van der Waals surface area contributed by atoms with Crippen LogP contribution < -0.4 is 0 Å². The van der Waals surface area contributed by atoms with Crippen molar-refractivity contribution in [1.82, 2.24) is 0 Å². The molecule has 1 fully saturated rings. The van der Waals surface area contributed by atoms with Crippen LogP contribution in [0.2, 0.25) is 0 Å². The summed E-state index contributed by atoms with van der Waals surface area (Å²) in [5.74, 6) is 5.72. The van der Waals surface area contributed by atoms with E-state index < -0.39 is 5.60 Å². The highest BCUT2D eigenvalue weighted by molar-refractivity contribution is 5.93. The molecule has 13 heavy (non-hydrogen) atoms. The van der Waals surface area contributed by atoms with E-state index in [1.165, 1.54) is 6.92 Å². The van der Waals surface area contributed by atoms with E-state index >= 15 is 0 Å². The molecule has 0 aromatic carbocycles. The molecular weight excluding hydrogens is 164 g/mol. The second-order valence-corrected chi connectivity index (χ2v) is 4.31. The molecule has 0 aliphatic carbocycles. The Labute approximate surface area is 79.7 Å². The predicted molar refractivity (Wildman–Crippen MR) is 51.2 cm³/mol. The van der Waals surface area contributed by atoms with Crippen LogP contribution in [0.15, 0.2) is 0 Å². The number of hydrogen-bond acceptors (Lipinski definition) is 2. The quantitative estimate of drug-likeness (QED) is 0.350. The zero-order valence-electron chi connectivity index (χ0n) is 8.89. The Morgan fingerprint density at radius 1 is 1.38 bits per heavy atom. The molecule has 0 aromatic heterocycles. The van der Waals surface area contributed by atoms with Gasteiger partial charge in [0.15, 0.2) is 5.60 Å². The molecule has 2 heteroatoms. The number of carbonyl (C=O) groups is 1. The normalized spacial score (nSPS) is 29.4. The maximum atomic E-state index is 10.7. The summed E-state index contributed by atoms with van der Waals surface area (Å²) < 4.78 is 5.58. The number of ketones is 1. The first-order valence-corrected chi connectivity index (χ1v) is 4.56. The summed E-state index contributed by atoms with van der Waals surface area (Å²) in [6.07, 6.45) is 0. The van der Waals surface area contributed by atoms with E-state index in [4.69, 9.17) is 4.74 Å². The molecule has 1 aliphatic rings. The van der Waals surface area contributed by atoms with E-state index in [2.05, 4.69) is 25.7 Å². The van der Waals surface area contributed by atoms with Gasteiger partial charge in [-0.15, -0.1) is 0 Å². The van der Waals surface area contributed by atoms with Gasteiger partial charge < -0.3 is 4.74 Å². The van der Waals surface area contributed by atoms with E-state index in [0.29, 0.717) is 5.92 Å². The van der Waals surface area contributed by atoms with E-state index in [1.54, 1.807) is 0 Å². The topological polar surface area (TPSA) is 29.6 Å². The van der Waals surface area contributed by atoms with Gasteiger partial charge in [0.1, 0.15) is 5.60 Å². The van der Waals surface area contributed by atoms with Crippen LogP contribution in [0.1, 0.15) is 34.6 Å². The van der Waals surface area contributed by atoms with Crippen molar-refractivity contribution in [3.05, 3.63) is 0 Å². The summed E-state index contributed by atoms with van der Waals surface area (Å²) in [5.41, 5.74) is -0.609. The zero-order valence-corrected chi connectivity index (χ0v) is 8.89. The lowest BCUT2D eigenvalue weighted by molar-refractivity contribution is -0.111. The minimum absolute atomic E-state index is 0.105. The van der Waals surface area contributed by atoms with Gasteiger partial charge in [0.05, 0.1) is 0 Å². The van der Waals surface area contributed by atoms with Gasteiger partial charge >= 0.3 is 0 Å². The SMILES string of the molecule is CC(=O)C#CC1(C(C)C)OC1(C)C. The van der Waals surface area contributed by atoms with Crippen LogP contribution in [-0.2, 0) is 9.53 Å². The summed E-state index contributed by atoms with van der Waals surface area (Å²) in [6.45, 7) is 9.59. The highest BCUT2D eigenvalue weighted by Crippen LogP contribution is 2.51. The van der Waals surface area contributed by atoms with Gasteiger partial charge in [-0.05, 0) is 25.7 Å². The van der Waals surface area contributed by atoms with Crippen molar-refractivity contribution in [3.8, 4) is 11.8 Å². The maximum absolute atomic E-state index is 10.7. The van der Waals surface area contributed by atoms with Gasteiger partial charge in [-0.3, -0.25) is 4.79 Å². The Hall–Kier alpha value is -0.810. The van der Waals surface area contributed by atoms with Crippen molar-refractivity contribution in [2.45, 2.75) is 45.8 Å². The number of ether oxygens (including phenoxy) is 1. The predicted octanol–water partition coefficient (Wildman–Crippen LogP) is 1.78. The first-order chi connectivity index (χ1) is 5.82. The highest BCUT2D eigenvalue weighted by atomic mass is 16.6. The molecule has 0 saturated carbocycles. The van der Waals surface area contributed by atoms with Gasteiger partial charge in [-0.1, -0.05) is 19.8 Å². The van der Waals surface area contributed by atoms with Crippen LogP contribution in [0, 0.1) is 17.8 Å². The smallest absolute Gasteiger partial charge is 0.202 e.